The monoisotopic (exact) mass is 563 g/mol. The summed E-state index contributed by atoms with van der Waals surface area (Å²) >= 11 is 1.71. The molecule has 0 spiro atoms. The maximum absolute atomic E-state index is 14.1. The van der Waals surface area contributed by atoms with E-state index in [-0.39, 0.29) is 29.9 Å². The van der Waals surface area contributed by atoms with E-state index in [9.17, 15) is 13.2 Å². The van der Waals surface area contributed by atoms with Crippen LogP contribution in [0.5, 0.6) is 0 Å². The molecule has 1 unspecified atom stereocenters. The van der Waals surface area contributed by atoms with Gasteiger partial charge in [0, 0.05) is 42.8 Å². The predicted molar refractivity (Wildman–Crippen MR) is 154 cm³/mol. The zero-order chi connectivity index (χ0) is 27.4. The largest absolute Gasteiger partial charge is 0.382 e. The Balaban J connectivity index is 1.49. The summed E-state index contributed by atoms with van der Waals surface area (Å²) in [6.07, 6.45) is 2.82. The summed E-state index contributed by atoms with van der Waals surface area (Å²) in [5.74, 6) is -0.215. The highest BCUT2D eigenvalue weighted by molar-refractivity contribution is 7.89. The van der Waals surface area contributed by atoms with Crippen molar-refractivity contribution < 1.29 is 17.9 Å². The highest BCUT2D eigenvalue weighted by Crippen LogP contribution is 2.39. The summed E-state index contributed by atoms with van der Waals surface area (Å²) in [5, 5.41) is 2.81. The second-order valence-electron chi connectivity index (χ2n) is 9.62. The standard InChI is InChI=1S/C30H33N3O4S2/c1-3-37-19-8-17-32(39(35,36)27-13-6-10-23-11-7-16-31-29(23)27)21-28(34)33-18-14-26-25(15-20-38-26)30(33)24-12-5-4-9-22(24)2/h4-7,9-13,15-16,20,30H,3,8,14,17-19,21H2,1-2H3. The van der Waals surface area contributed by atoms with Crippen LogP contribution in [0.1, 0.15) is 41.0 Å². The van der Waals surface area contributed by atoms with Gasteiger partial charge in [-0.1, -0.05) is 42.5 Å². The fraction of sp³-hybridized carbons (Fsp3) is 0.333. The molecule has 1 atom stereocenters. The molecule has 0 fully saturated rings. The van der Waals surface area contributed by atoms with E-state index in [0.717, 1.165) is 28.5 Å². The molecule has 3 heterocycles. The van der Waals surface area contributed by atoms with Crippen LogP contribution in [0, 0.1) is 6.92 Å². The smallest absolute Gasteiger partial charge is 0.245 e. The van der Waals surface area contributed by atoms with E-state index in [0.29, 0.717) is 31.7 Å². The molecule has 4 aromatic rings. The summed E-state index contributed by atoms with van der Waals surface area (Å²) in [4.78, 5) is 21.6. The van der Waals surface area contributed by atoms with Crippen LogP contribution >= 0.6 is 11.3 Å². The highest BCUT2D eigenvalue weighted by atomic mass is 32.2. The summed E-state index contributed by atoms with van der Waals surface area (Å²) < 4.78 is 34.9. The average Bonchev–Trinajstić information content (AvgIpc) is 3.43. The van der Waals surface area contributed by atoms with Crippen LogP contribution in [0.2, 0.25) is 0 Å². The first kappa shape index (κ1) is 27.5. The Kier molecular flexibility index (Phi) is 8.42. The van der Waals surface area contributed by atoms with E-state index >= 15 is 0 Å². The third kappa shape index (κ3) is 5.63. The van der Waals surface area contributed by atoms with Crippen LogP contribution < -0.4 is 0 Å². The third-order valence-corrected chi connectivity index (χ3v) is 10.1. The number of ether oxygens (including phenoxy) is 1. The van der Waals surface area contributed by atoms with E-state index < -0.39 is 10.0 Å². The van der Waals surface area contributed by atoms with Gasteiger partial charge in [-0.3, -0.25) is 9.78 Å². The van der Waals surface area contributed by atoms with Crippen molar-refractivity contribution in [3.63, 3.8) is 0 Å². The number of fused-ring (bicyclic) bond motifs is 2. The van der Waals surface area contributed by atoms with Crippen LogP contribution in [0.4, 0.5) is 0 Å². The van der Waals surface area contributed by atoms with Crippen LogP contribution in [0.25, 0.3) is 10.9 Å². The summed E-state index contributed by atoms with van der Waals surface area (Å²) in [6.45, 7) is 5.38. The zero-order valence-corrected chi connectivity index (χ0v) is 23.9. The number of thiophene rings is 1. The molecule has 1 aliphatic rings. The number of pyridine rings is 1. The summed E-state index contributed by atoms with van der Waals surface area (Å²) in [6, 6.07) is 18.7. The average molecular weight is 564 g/mol. The molecular formula is C30H33N3O4S2. The quantitative estimate of drug-likeness (QED) is 0.248. The van der Waals surface area contributed by atoms with Crippen molar-refractivity contribution in [2.75, 3.05) is 32.8 Å². The minimum Gasteiger partial charge on any atom is -0.382 e. The molecule has 0 saturated carbocycles. The number of carbonyl (C=O) groups excluding carboxylic acids is 1. The fourth-order valence-corrected chi connectivity index (χ4v) is 7.75. The topological polar surface area (TPSA) is 79.8 Å². The first-order valence-electron chi connectivity index (χ1n) is 13.2. The Morgan fingerprint density at radius 2 is 1.92 bits per heavy atom. The maximum Gasteiger partial charge on any atom is 0.245 e. The van der Waals surface area contributed by atoms with E-state index in [1.54, 1.807) is 35.7 Å². The number of carbonyl (C=O) groups is 1. The number of rotatable bonds is 10. The minimum atomic E-state index is -4.02. The molecule has 0 bridgehead atoms. The molecule has 2 aromatic carbocycles. The Labute approximate surface area is 234 Å². The number of nitrogens with zero attached hydrogens (tertiary/aromatic N) is 3. The summed E-state index contributed by atoms with van der Waals surface area (Å²) in [7, 11) is -4.02. The molecule has 1 amide bonds. The van der Waals surface area contributed by atoms with Gasteiger partial charge >= 0.3 is 0 Å². The number of hydrogen-bond acceptors (Lipinski definition) is 6. The van der Waals surface area contributed by atoms with Crippen LogP contribution in [-0.4, -0.2) is 61.4 Å². The Bertz CT molecular complexity index is 1560. The highest BCUT2D eigenvalue weighted by Gasteiger charge is 2.36. The molecule has 0 radical (unpaired) electrons. The number of hydrogen-bond donors (Lipinski definition) is 0. The van der Waals surface area contributed by atoms with E-state index in [1.165, 1.54) is 9.18 Å². The van der Waals surface area contributed by atoms with Crippen molar-refractivity contribution in [2.24, 2.45) is 0 Å². The molecule has 0 saturated heterocycles. The van der Waals surface area contributed by atoms with Gasteiger partial charge in [0.05, 0.1) is 18.1 Å². The number of benzene rings is 2. The Hall–Kier alpha value is -3.11. The molecule has 1 aliphatic heterocycles. The SMILES string of the molecule is CCOCCCN(CC(=O)N1CCc2sccc2C1c1ccccc1C)S(=O)(=O)c1cccc2cccnc12. The van der Waals surface area contributed by atoms with Crippen molar-refractivity contribution >= 4 is 38.2 Å². The molecule has 0 N–H and O–H groups in total. The van der Waals surface area contributed by atoms with Gasteiger partial charge in [-0.25, -0.2) is 8.42 Å². The first-order chi connectivity index (χ1) is 18.9. The van der Waals surface area contributed by atoms with Gasteiger partial charge in [-0.2, -0.15) is 4.31 Å². The van der Waals surface area contributed by atoms with Gasteiger partial charge in [0.1, 0.15) is 4.90 Å². The number of aryl methyl sites for hydroxylation is 1. The molecule has 0 aliphatic carbocycles. The zero-order valence-electron chi connectivity index (χ0n) is 22.2. The third-order valence-electron chi connectivity index (χ3n) is 7.19. The van der Waals surface area contributed by atoms with Crippen LogP contribution in [0.3, 0.4) is 0 Å². The molecular weight excluding hydrogens is 530 g/mol. The minimum absolute atomic E-state index is 0.110. The molecule has 9 heteroatoms. The molecule has 204 valence electrons. The molecule has 39 heavy (non-hydrogen) atoms. The van der Waals surface area contributed by atoms with Crippen molar-refractivity contribution in [2.45, 2.75) is 37.6 Å². The van der Waals surface area contributed by atoms with Crippen molar-refractivity contribution in [3.05, 3.63) is 93.8 Å². The lowest BCUT2D eigenvalue weighted by Gasteiger charge is -2.38. The second-order valence-corrected chi connectivity index (χ2v) is 12.5. The predicted octanol–water partition coefficient (Wildman–Crippen LogP) is 5.20. The Morgan fingerprint density at radius 1 is 1.10 bits per heavy atom. The van der Waals surface area contributed by atoms with Gasteiger partial charge in [0.2, 0.25) is 15.9 Å². The van der Waals surface area contributed by atoms with Gasteiger partial charge in [0.15, 0.2) is 0 Å². The van der Waals surface area contributed by atoms with Crippen LogP contribution in [-0.2, 0) is 26.0 Å². The molecule has 5 rings (SSSR count). The number of amides is 1. The number of sulfonamides is 1. The van der Waals surface area contributed by atoms with E-state index in [1.807, 2.05) is 36.1 Å². The van der Waals surface area contributed by atoms with Crippen molar-refractivity contribution in [3.8, 4) is 0 Å². The molecule has 2 aromatic heterocycles. The van der Waals surface area contributed by atoms with Gasteiger partial charge in [-0.05, 0) is 67.0 Å². The normalized spacial score (nSPS) is 15.6. The maximum atomic E-state index is 14.1. The van der Waals surface area contributed by atoms with Gasteiger partial charge in [-0.15, -0.1) is 11.3 Å². The van der Waals surface area contributed by atoms with Gasteiger partial charge < -0.3 is 9.64 Å². The van der Waals surface area contributed by atoms with E-state index in [2.05, 4.69) is 35.5 Å². The van der Waals surface area contributed by atoms with E-state index in [4.69, 9.17) is 4.74 Å². The molecule has 7 nitrogen and oxygen atoms in total. The fourth-order valence-electron chi connectivity index (χ4n) is 5.25. The Morgan fingerprint density at radius 3 is 2.74 bits per heavy atom. The van der Waals surface area contributed by atoms with Crippen molar-refractivity contribution in [1.29, 1.82) is 0 Å². The number of para-hydroxylation sites is 1. The number of aromatic nitrogens is 1. The first-order valence-corrected chi connectivity index (χ1v) is 15.6. The lowest BCUT2D eigenvalue weighted by molar-refractivity contribution is -0.133. The lowest BCUT2D eigenvalue weighted by atomic mass is 9.90. The second kappa shape index (κ2) is 12.0. The summed E-state index contributed by atoms with van der Waals surface area (Å²) in [5.41, 5.74) is 3.69. The van der Waals surface area contributed by atoms with Crippen molar-refractivity contribution in [1.82, 2.24) is 14.2 Å². The lowest BCUT2D eigenvalue weighted by Crippen LogP contribution is -2.47. The van der Waals surface area contributed by atoms with Crippen LogP contribution in [0.15, 0.2) is 77.1 Å². The van der Waals surface area contributed by atoms with Gasteiger partial charge in [0.25, 0.3) is 0 Å².